The Balaban J connectivity index is 2.03. The lowest BCUT2D eigenvalue weighted by Crippen LogP contribution is -2.35. The van der Waals surface area contributed by atoms with Crippen LogP contribution in [0.4, 0.5) is 18.3 Å². The van der Waals surface area contributed by atoms with Gasteiger partial charge >= 0.3 is 6.18 Å². The number of rotatable bonds is 2. The third-order valence-electron chi connectivity index (χ3n) is 2.55. The second-order valence-corrected chi connectivity index (χ2v) is 4.73. The molecule has 1 aromatic heterocycles. The monoisotopic (exact) mass is 252 g/mol. The molecule has 0 saturated heterocycles. The van der Waals surface area contributed by atoms with Gasteiger partial charge in [-0.1, -0.05) is 11.3 Å². The Morgan fingerprint density at radius 1 is 1.31 bits per heavy atom. The van der Waals surface area contributed by atoms with Crippen molar-refractivity contribution in [1.82, 2.24) is 10.2 Å². The van der Waals surface area contributed by atoms with Gasteiger partial charge in [-0.2, -0.15) is 13.2 Å². The van der Waals surface area contributed by atoms with Gasteiger partial charge < -0.3 is 11.1 Å². The van der Waals surface area contributed by atoms with Crippen LogP contribution in [0.1, 0.15) is 24.3 Å². The van der Waals surface area contributed by atoms with Crippen LogP contribution >= 0.6 is 11.3 Å². The lowest BCUT2D eigenvalue weighted by atomic mass is 10.2. The molecule has 1 aliphatic rings. The van der Waals surface area contributed by atoms with Gasteiger partial charge in [-0.3, -0.25) is 0 Å². The Labute approximate surface area is 94.0 Å². The standard InChI is InChI=1S/C8H11F3N4S/c9-8(10,11)6-14-15-7(16-6)13-5-3-1-2-4(5)12/h4-5H,1-3,12H2,(H,13,15). The van der Waals surface area contributed by atoms with Crippen LogP contribution in [-0.2, 0) is 6.18 Å². The summed E-state index contributed by atoms with van der Waals surface area (Å²) in [5, 5.41) is 8.72. The van der Waals surface area contributed by atoms with Crippen LogP contribution in [0.25, 0.3) is 0 Å². The molecule has 16 heavy (non-hydrogen) atoms. The normalized spacial score (nSPS) is 26.0. The minimum absolute atomic E-state index is 0.00836. The van der Waals surface area contributed by atoms with E-state index in [1.54, 1.807) is 0 Å². The van der Waals surface area contributed by atoms with E-state index in [1.165, 1.54) is 0 Å². The first-order valence-corrected chi connectivity index (χ1v) is 5.71. The quantitative estimate of drug-likeness (QED) is 0.843. The minimum Gasteiger partial charge on any atom is -0.356 e. The molecule has 4 nitrogen and oxygen atoms in total. The predicted octanol–water partition coefficient (Wildman–Crippen LogP) is 1.85. The number of anilines is 1. The van der Waals surface area contributed by atoms with E-state index in [-0.39, 0.29) is 17.2 Å². The maximum absolute atomic E-state index is 12.2. The summed E-state index contributed by atoms with van der Waals surface area (Å²) in [5.74, 6) is 0. The average Bonchev–Trinajstić information content (AvgIpc) is 2.76. The molecular formula is C8H11F3N4S. The molecule has 0 bridgehead atoms. The summed E-state index contributed by atoms with van der Waals surface area (Å²) < 4.78 is 36.7. The van der Waals surface area contributed by atoms with Crippen LogP contribution < -0.4 is 11.1 Å². The highest BCUT2D eigenvalue weighted by molar-refractivity contribution is 7.15. The molecule has 1 heterocycles. The second-order valence-electron chi connectivity index (χ2n) is 3.76. The van der Waals surface area contributed by atoms with Crippen molar-refractivity contribution in [3.05, 3.63) is 5.01 Å². The summed E-state index contributed by atoms with van der Waals surface area (Å²) in [6.07, 6.45) is -1.68. The maximum Gasteiger partial charge on any atom is 0.445 e. The number of nitrogens with zero attached hydrogens (tertiary/aromatic N) is 2. The second kappa shape index (κ2) is 4.17. The average molecular weight is 252 g/mol. The number of hydrogen-bond donors (Lipinski definition) is 2. The Hall–Kier alpha value is -0.890. The smallest absolute Gasteiger partial charge is 0.356 e. The number of hydrogen-bond acceptors (Lipinski definition) is 5. The van der Waals surface area contributed by atoms with Crippen molar-refractivity contribution < 1.29 is 13.2 Å². The van der Waals surface area contributed by atoms with E-state index < -0.39 is 11.2 Å². The van der Waals surface area contributed by atoms with E-state index in [0.717, 1.165) is 19.3 Å². The predicted molar refractivity (Wildman–Crippen MR) is 54.1 cm³/mol. The van der Waals surface area contributed by atoms with Crippen LogP contribution in [0, 0.1) is 0 Å². The lowest BCUT2D eigenvalue weighted by Gasteiger charge is -2.15. The molecular weight excluding hydrogens is 241 g/mol. The van der Waals surface area contributed by atoms with Crippen molar-refractivity contribution in [2.75, 3.05) is 5.32 Å². The SMILES string of the molecule is NC1CCCC1Nc1nnc(C(F)(F)F)s1. The summed E-state index contributed by atoms with van der Waals surface area (Å²) >= 11 is 0.515. The minimum atomic E-state index is -4.42. The fourth-order valence-electron chi connectivity index (χ4n) is 1.72. The van der Waals surface area contributed by atoms with Crippen molar-refractivity contribution >= 4 is 16.5 Å². The molecule has 1 saturated carbocycles. The highest BCUT2D eigenvalue weighted by Crippen LogP contribution is 2.33. The third-order valence-corrected chi connectivity index (χ3v) is 3.45. The highest BCUT2D eigenvalue weighted by atomic mass is 32.1. The summed E-state index contributed by atoms with van der Waals surface area (Å²) in [6, 6.07) is -0.00716. The van der Waals surface area contributed by atoms with Gasteiger partial charge in [0.1, 0.15) is 0 Å². The first-order valence-electron chi connectivity index (χ1n) is 4.89. The largest absolute Gasteiger partial charge is 0.445 e. The first kappa shape index (κ1) is 11.6. The zero-order valence-corrected chi connectivity index (χ0v) is 9.11. The molecule has 3 N–H and O–H groups in total. The van der Waals surface area contributed by atoms with Crippen LogP contribution in [0.5, 0.6) is 0 Å². The molecule has 1 fully saturated rings. The van der Waals surface area contributed by atoms with Crippen LogP contribution in [0.15, 0.2) is 0 Å². The zero-order valence-electron chi connectivity index (χ0n) is 8.29. The molecule has 2 unspecified atom stereocenters. The van der Waals surface area contributed by atoms with Gasteiger partial charge in [-0.15, -0.1) is 10.2 Å². The fourth-order valence-corrected chi connectivity index (χ4v) is 2.40. The Bertz CT molecular complexity index is 364. The first-order chi connectivity index (χ1) is 7.47. The van der Waals surface area contributed by atoms with Gasteiger partial charge in [0.25, 0.3) is 0 Å². The maximum atomic E-state index is 12.2. The van der Waals surface area contributed by atoms with Gasteiger partial charge in [0.15, 0.2) is 0 Å². The van der Waals surface area contributed by atoms with E-state index >= 15 is 0 Å². The molecule has 2 atom stereocenters. The van der Waals surface area contributed by atoms with Gasteiger partial charge in [0.05, 0.1) is 0 Å². The Kier molecular flexibility index (Phi) is 3.02. The summed E-state index contributed by atoms with van der Waals surface area (Å²) in [6.45, 7) is 0. The molecule has 0 amide bonds. The van der Waals surface area contributed by atoms with E-state index in [0.29, 0.717) is 11.3 Å². The van der Waals surface area contributed by atoms with Crippen molar-refractivity contribution in [1.29, 1.82) is 0 Å². The molecule has 0 aromatic carbocycles. The number of alkyl halides is 3. The number of nitrogens with two attached hydrogens (primary N) is 1. The van der Waals surface area contributed by atoms with Gasteiger partial charge in [-0.05, 0) is 19.3 Å². The number of halogens is 3. The van der Waals surface area contributed by atoms with Crippen molar-refractivity contribution in [2.45, 2.75) is 37.5 Å². The van der Waals surface area contributed by atoms with Crippen molar-refractivity contribution in [3.8, 4) is 0 Å². The molecule has 0 aliphatic heterocycles. The van der Waals surface area contributed by atoms with Gasteiger partial charge in [-0.25, -0.2) is 0 Å². The molecule has 8 heteroatoms. The number of aromatic nitrogens is 2. The molecule has 1 aliphatic carbocycles. The van der Waals surface area contributed by atoms with Gasteiger partial charge in [0, 0.05) is 12.1 Å². The Morgan fingerprint density at radius 3 is 2.56 bits per heavy atom. The molecule has 0 radical (unpaired) electrons. The molecule has 2 rings (SSSR count). The van der Waals surface area contributed by atoms with Crippen LogP contribution in [-0.4, -0.2) is 22.3 Å². The summed E-state index contributed by atoms with van der Waals surface area (Å²) in [4.78, 5) is 0. The van der Waals surface area contributed by atoms with E-state index in [4.69, 9.17) is 5.73 Å². The van der Waals surface area contributed by atoms with E-state index in [9.17, 15) is 13.2 Å². The third kappa shape index (κ3) is 2.43. The zero-order chi connectivity index (χ0) is 11.8. The van der Waals surface area contributed by atoms with E-state index in [1.807, 2.05) is 0 Å². The van der Waals surface area contributed by atoms with Crippen molar-refractivity contribution in [3.63, 3.8) is 0 Å². The fraction of sp³-hybridized carbons (Fsp3) is 0.750. The molecule has 90 valence electrons. The molecule has 1 aromatic rings. The van der Waals surface area contributed by atoms with Gasteiger partial charge in [0.2, 0.25) is 10.1 Å². The summed E-state index contributed by atoms with van der Waals surface area (Å²) in [7, 11) is 0. The molecule has 0 spiro atoms. The lowest BCUT2D eigenvalue weighted by molar-refractivity contribution is -0.138. The van der Waals surface area contributed by atoms with Crippen LogP contribution in [0.2, 0.25) is 0 Å². The van der Waals surface area contributed by atoms with Crippen LogP contribution in [0.3, 0.4) is 0 Å². The Morgan fingerprint density at radius 2 is 2.06 bits per heavy atom. The topological polar surface area (TPSA) is 63.8 Å². The van der Waals surface area contributed by atoms with Crippen molar-refractivity contribution in [2.24, 2.45) is 5.73 Å². The highest BCUT2D eigenvalue weighted by Gasteiger charge is 2.36. The number of nitrogens with one attached hydrogen (secondary N) is 1. The van der Waals surface area contributed by atoms with E-state index in [2.05, 4.69) is 15.5 Å². The summed E-state index contributed by atoms with van der Waals surface area (Å²) in [5.41, 5.74) is 5.79.